The van der Waals surface area contributed by atoms with Gasteiger partial charge in [-0.2, -0.15) is 5.10 Å². The standard InChI is InChI=1S/C20H22N4O3/c1-15-8-9-16(23(15)2)14-21-20(26)18-10-11-19(25)24(22-18)12-13-27-17-6-4-3-5-7-17/h3-11H,12-14H2,1-2H3,(H,21,26). The lowest BCUT2D eigenvalue weighted by molar-refractivity contribution is 0.0942. The van der Waals surface area contributed by atoms with Crippen LogP contribution in [-0.2, 0) is 20.1 Å². The van der Waals surface area contributed by atoms with Crippen molar-refractivity contribution in [1.82, 2.24) is 19.7 Å². The first kappa shape index (κ1) is 18.4. The van der Waals surface area contributed by atoms with E-state index in [0.29, 0.717) is 6.54 Å². The van der Waals surface area contributed by atoms with Crippen LogP contribution < -0.4 is 15.6 Å². The van der Waals surface area contributed by atoms with Gasteiger partial charge < -0.3 is 14.6 Å². The zero-order valence-electron chi connectivity index (χ0n) is 15.4. The van der Waals surface area contributed by atoms with E-state index in [1.165, 1.54) is 16.8 Å². The first-order chi connectivity index (χ1) is 13.0. The van der Waals surface area contributed by atoms with Crippen molar-refractivity contribution in [3.8, 4) is 5.75 Å². The van der Waals surface area contributed by atoms with Gasteiger partial charge in [0.15, 0.2) is 0 Å². The minimum Gasteiger partial charge on any atom is -0.492 e. The van der Waals surface area contributed by atoms with E-state index in [2.05, 4.69) is 10.4 Å². The Balaban J connectivity index is 1.61. The largest absolute Gasteiger partial charge is 0.492 e. The highest BCUT2D eigenvalue weighted by atomic mass is 16.5. The molecule has 0 aliphatic heterocycles. The molecular formula is C20H22N4O3. The molecular weight excluding hydrogens is 344 g/mol. The van der Waals surface area contributed by atoms with Gasteiger partial charge in [0, 0.05) is 24.5 Å². The summed E-state index contributed by atoms with van der Waals surface area (Å²) in [6.07, 6.45) is 0. The van der Waals surface area contributed by atoms with Gasteiger partial charge in [0.25, 0.3) is 11.5 Å². The summed E-state index contributed by atoms with van der Waals surface area (Å²) in [5.74, 6) is 0.392. The number of hydrogen-bond acceptors (Lipinski definition) is 4. The zero-order valence-corrected chi connectivity index (χ0v) is 15.4. The highest BCUT2D eigenvalue weighted by molar-refractivity contribution is 5.91. The highest BCUT2D eigenvalue weighted by Gasteiger charge is 2.11. The van der Waals surface area contributed by atoms with Crippen molar-refractivity contribution in [3.05, 3.63) is 82.0 Å². The smallest absolute Gasteiger partial charge is 0.272 e. The fraction of sp³-hybridized carbons (Fsp3) is 0.250. The number of nitrogens with one attached hydrogen (secondary N) is 1. The summed E-state index contributed by atoms with van der Waals surface area (Å²) in [7, 11) is 1.95. The first-order valence-electron chi connectivity index (χ1n) is 8.70. The lowest BCUT2D eigenvalue weighted by Crippen LogP contribution is -2.31. The van der Waals surface area contributed by atoms with E-state index in [4.69, 9.17) is 4.74 Å². The molecule has 0 saturated carbocycles. The molecule has 7 heteroatoms. The molecule has 0 aliphatic rings. The van der Waals surface area contributed by atoms with E-state index >= 15 is 0 Å². The number of hydrogen-bond donors (Lipinski definition) is 1. The molecule has 0 unspecified atom stereocenters. The quantitative estimate of drug-likeness (QED) is 0.693. The van der Waals surface area contributed by atoms with Gasteiger partial charge in [-0.15, -0.1) is 0 Å². The lowest BCUT2D eigenvalue weighted by atomic mass is 10.3. The molecule has 1 amide bonds. The second-order valence-electron chi connectivity index (χ2n) is 6.15. The van der Waals surface area contributed by atoms with E-state index in [1.807, 2.05) is 61.0 Å². The third-order valence-corrected chi connectivity index (χ3v) is 4.32. The van der Waals surface area contributed by atoms with Crippen molar-refractivity contribution < 1.29 is 9.53 Å². The van der Waals surface area contributed by atoms with Crippen molar-refractivity contribution in [3.63, 3.8) is 0 Å². The Morgan fingerprint density at radius 2 is 1.89 bits per heavy atom. The fourth-order valence-corrected chi connectivity index (χ4v) is 2.60. The molecule has 2 aromatic heterocycles. The molecule has 3 aromatic rings. The second kappa shape index (κ2) is 8.35. The normalized spacial score (nSPS) is 10.6. The molecule has 0 atom stereocenters. The fourth-order valence-electron chi connectivity index (χ4n) is 2.60. The van der Waals surface area contributed by atoms with Crippen molar-refractivity contribution in [2.45, 2.75) is 20.0 Å². The molecule has 0 radical (unpaired) electrons. The summed E-state index contributed by atoms with van der Waals surface area (Å²) < 4.78 is 8.83. The van der Waals surface area contributed by atoms with Crippen LogP contribution >= 0.6 is 0 Å². The molecule has 2 heterocycles. The number of aromatic nitrogens is 3. The SMILES string of the molecule is Cc1ccc(CNC(=O)c2ccc(=O)n(CCOc3ccccc3)n2)n1C. The van der Waals surface area contributed by atoms with Gasteiger partial charge in [0.05, 0.1) is 13.1 Å². The van der Waals surface area contributed by atoms with Gasteiger partial charge in [-0.3, -0.25) is 9.59 Å². The Morgan fingerprint density at radius 3 is 2.59 bits per heavy atom. The van der Waals surface area contributed by atoms with E-state index in [9.17, 15) is 9.59 Å². The maximum Gasteiger partial charge on any atom is 0.272 e. The summed E-state index contributed by atoms with van der Waals surface area (Å²) in [5, 5.41) is 6.98. The van der Waals surface area contributed by atoms with Crippen LogP contribution in [-0.4, -0.2) is 26.9 Å². The van der Waals surface area contributed by atoms with E-state index < -0.39 is 0 Å². The molecule has 1 N–H and O–H groups in total. The van der Waals surface area contributed by atoms with Crippen LogP contribution in [0, 0.1) is 6.92 Å². The van der Waals surface area contributed by atoms with Crippen LogP contribution in [0.5, 0.6) is 5.75 Å². The predicted octanol–water partition coefficient (Wildman–Crippen LogP) is 1.90. The van der Waals surface area contributed by atoms with E-state index in [-0.39, 0.29) is 30.3 Å². The number of aryl methyl sites for hydroxylation is 1. The van der Waals surface area contributed by atoms with E-state index in [0.717, 1.165) is 17.1 Å². The molecule has 0 aliphatic carbocycles. The number of rotatable bonds is 7. The number of amides is 1. The molecule has 1 aromatic carbocycles. The van der Waals surface area contributed by atoms with Gasteiger partial charge in [0.2, 0.25) is 0 Å². The summed E-state index contributed by atoms with van der Waals surface area (Å²) in [5.41, 5.74) is 2.02. The summed E-state index contributed by atoms with van der Waals surface area (Å²) in [4.78, 5) is 24.3. The topological polar surface area (TPSA) is 78.2 Å². The Morgan fingerprint density at radius 1 is 1.11 bits per heavy atom. The lowest BCUT2D eigenvalue weighted by Gasteiger charge is -2.10. The van der Waals surface area contributed by atoms with Gasteiger partial charge in [-0.05, 0) is 37.3 Å². The molecule has 7 nitrogen and oxygen atoms in total. The second-order valence-corrected chi connectivity index (χ2v) is 6.15. The van der Waals surface area contributed by atoms with Gasteiger partial charge in [0.1, 0.15) is 18.1 Å². The Labute approximate surface area is 157 Å². The average molecular weight is 366 g/mol. The van der Waals surface area contributed by atoms with Crippen LogP contribution in [0.15, 0.2) is 59.4 Å². The number of nitrogens with zero attached hydrogens (tertiary/aromatic N) is 3. The maximum absolute atomic E-state index is 12.4. The molecule has 0 saturated heterocycles. The molecule has 0 fully saturated rings. The van der Waals surface area contributed by atoms with Crippen LogP contribution in [0.3, 0.4) is 0 Å². The maximum atomic E-state index is 12.4. The van der Waals surface area contributed by atoms with Crippen LogP contribution in [0.25, 0.3) is 0 Å². The third-order valence-electron chi connectivity index (χ3n) is 4.32. The summed E-state index contributed by atoms with van der Waals surface area (Å²) >= 11 is 0. The van der Waals surface area contributed by atoms with Crippen molar-refractivity contribution in [1.29, 1.82) is 0 Å². The minimum atomic E-state index is -0.327. The van der Waals surface area contributed by atoms with Crippen LogP contribution in [0.2, 0.25) is 0 Å². The minimum absolute atomic E-state index is 0.195. The molecule has 0 spiro atoms. The molecule has 140 valence electrons. The summed E-state index contributed by atoms with van der Waals surface area (Å²) in [6, 6.07) is 16.1. The van der Waals surface area contributed by atoms with Gasteiger partial charge in [-0.25, -0.2) is 4.68 Å². The van der Waals surface area contributed by atoms with Crippen LogP contribution in [0.1, 0.15) is 21.9 Å². The number of ether oxygens (including phenoxy) is 1. The monoisotopic (exact) mass is 366 g/mol. The van der Waals surface area contributed by atoms with Crippen molar-refractivity contribution >= 4 is 5.91 Å². The molecule has 27 heavy (non-hydrogen) atoms. The number of carbonyl (C=O) groups excluding carboxylic acids is 1. The van der Waals surface area contributed by atoms with Crippen molar-refractivity contribution in [2.24, 2.45) is 7.05 Å². The Kier molecular flexibility index (Phi) is 5.71. The first-order valence-corrected chi connectivity index (χ1v) is 8.70. The molecule has 3 rings (SSSR count). The van der Waals surface area contributed by atoms with Crippen LogP contribution in [0.4, 0.5) is 0 Å². The molecule has 0 bridgehead atoms. The average Bonchev–Trinajstić information content (AvgIpc) is 3.00. The zero-order chi connectivity index (χ0) is 19.2. The summed E-state index contributed by atoms with van der Waals surface area (Å²) in [6.45, 7) is 2.93. The highest BCUT2D eigenvalue weighted by Crippen LogP contribution is 2.08. The van der Waals surface area contributed by atoms with Gasteiger partial charge >= 0.3 is 0 Å². The Bertz CT molecular complexity index is 976. The van der Waals surface area contributed by atoms with Gasteiger partial charge in [-0.1, -0.05) is 18.2 Å². The van der Waals surface area contributed by atoms with Crippen molar-refractivity contribution in [2.75, 3.05) is 6.61 Å². The third kappa shape index (κ3) is 4.63. The predicted molar refractivity (Wildman–Crippen MR) is 102 cm³/mol. The number of benzene rings is 1. The van der Waals surface area contributed by atoms with E-state index in [1.54, 1.807) is 0 Å². The Hall–Kier alpha value is -3.35. The number of carbonyl (C=O) groups is 1. The number of para-hydroxylation sites is 1.